The highest BCUT2D eigenvalue weighted by atomic mass is 127. The van der Waals surface area contributed by atoms with Crippen LogP contribution in [0.1, 0.15) is 23.7 Å². The maximum absolute atomic E-state index is 5.43. The Labute approximate surface area is 155 Å². The number of aromatic nitrogens is 1. The second kappa shape index (κ2) is 11.8. The standard InChI is InChI=1S/C15H26N4OS.HI/c1-6-16-15(17-7-8-21-5)19-10-13-12(3)14(20-4)11(2)9-18-13;/h9H,6-8,10H2,1-5H3,(H2,16,17,19);1H. The third kappa shape index (κ3) is 6.60. The molecular weight excluding hydrogens is 411 g/mol. The van der Waals surface area contributed by atoms with E-state index in [0.717, 1.165) is 47.4 Å². The van der Waals surface area contributed by atoms with Gasteiger partial charge in [-0.15, -0.1) is 24.0 Å². The molecule has 0 saturated carbocycles. The second-order valence-electron chi connectivity index (χ2n) is 4.66. The zero-order chi connectivity index (χ0) is 15.7. The lowest BCUT2D eigenvalue weighted by Crippen LogP contribution is -2.38. The van der Waals surface area contributed by atoms with Crippen LogP contribution in [0.4, 0.5) is 0 Å². The molecule has 1 aromatic heterocycles. The summed E-state index contributed by atoms with van der Waals surface area (Å²) in [5.41, 5.74) is 3.05. The number of nitrogens with one attached hydrogen (secondary N) is 2. The molecule has 0 bridgehead atoms. The first kappa shape index (κ1) is 21.3. The summed E-state index contributed by atoms with van der Waals surface area (Å²) < 4.78 is 5.43. The van der Waals surface area contributed by atoms with E-state index in [1.165, 1.54) is 0 Å². The number of hydrogen-bond acceptors (Lipinski definition) is 4. The molecule has 126 valence electrons. The van der Waals surface area contributed by atoms with Crippen molar-refractivity contribution in [2.45, 2.75) is 27.3 Å². The minimum absolute atomic E-state index is 0. The molecule has 2 N–H and O–H groups in total. The number of rotatable bonds is 7. The quantitative estimate of drug-likeness (QED) is 0.297. The van der Waals surface area contributed by atoms with Gasteiger partial charge in [0.25, 0.3) is 0 Å². The number of ether oxygens (including phenoxy) is 1. The van der Waals surface area contributed by atoms with E-state index in [1.807, 2.05) is 31.8 Å². The van der Waals surface area contributed by atoms with Gasteiger partial charge in [-0.05, 0) is 27.0 Å². The Hall–Kier alpha value is -0.700. The summed E-state index contributed by atoms with van der Waals surface area (Å²) in [7, 11) is 1.69. The molecule has 0 saturated heterocycles. The van der Waals surface area contributed by atoms with E-state index >= 15 is 0 Å². The van der Waals surface area contributed by atoms with Gasteiger partial charge in [0.05, 0.1) is 19.3 Å². The summed E-state index contributed by atoms with van der Waals surface area (Å²) in [6, 6.07) is 0. The van der Waals surface area contributed by atoms with E-state index in [1.54, 1.807) is 7.11 Å². The number of aliphatic imine (C=N–C) groups is 1. The summed E-state index contributed by atoms with van der Waals surface area (Å²) >= 11 is 1.81. The first-order chi connectivity index (χ1) is 10.1. The minimum Gasteiger partial charge on any atom is -0.496 e. The fraction of sp³-hybridized carbons (Fsp3) is 0.600. The van der Waals surface area contributed by atoms with Crippen LogP contribution >= 0.6 is 35.7 Å². The minimum atomic E-state index is 0. The number of aryl methyl sites for hydroxylation is 1. The van der Waals surface area contributed by atoms with Crippen LogP contribution in [0.25, 0.3) is 0 Å². The van der Waals surface area contributed by atoms with Crippen molar-refractivity contribution in [3.63, 3.8) is 0 Å². The third-order valence-corrected chi connectivity index (χ3v) is 3.69. The van der Waals surface area contributed by atoms with Crippen molar-refractivity contribution >= 4 is 41.7 Å². The maximum Gasteiger partial charge on any atom is 0.191 e. The van der Waals surface area contributed by atoms with Gasteiger partial charge in [0, 0.05) is 36.2 Å². The Morgan fingerprint density at radius 3 is 2.68 bits per heavy atom. The molecule has 0 aliphatic heterocycles. The molecule has 1 rings (SSSR count). The van der Waals surface area contributed by atoms with Gasteiger partial charge in [0.15, 0.2) is 5.96 Å². The third-order valence-electron chi connectivity index (χ3n) is 3.08. The lowest BCUT2D eigenvalue weighted by molar-refractivity contribution is 0.407. The average molecular weight is 438 g/mol. The van der Waals surface area contributed by atoms with Crippen LogP contribution in [0.5, 0.6) is 5.75 Å². The van der Waals surface area contributed by atoms with E-state index in [-0.39, 0.29) is 24.0 Å². The Morgan fingerprint density at radius 1 is 1.36 bits per heavy atom. The van der Waals surface area contributed by atoms with Crippen LogP contribution < -0.4 is 15.4 Å². The van der Waals surface area contributed by atoms with Crippen molar-refractivity contribution in [1.29, 1.82) is 0 Å². The van der Waals surface area contributed by atoms with Gasteiger partial charge >= 0.3 is 0 Å². The van der Waals surface area contributed by atoms with Gasteiger partial charge in [-0.1, -0.05) is 0 Å². The Kier molecular flexibility index (Phi) is 11.4. The Balaban J connectivity index is 0.00000441. The number of methoxy groups -OCH3 is 1. The molecule has 0 atom stereocenters. The molecule has 1 aromatic rings. The zero-order valence-corrected chi connectivity index (χ0v) is 17.2. The van der Waals surface area contributed by atoms with E-state index in [9.17, 15) is 0 Å². The zero-order valence-electron chi connectivity index (χ0n) is 14.0. The number of nitrogens with zero attached hydrogens (tertiary/aromatic N) is 2. The summed E-state index contributed by atoms with van der Waals surface area (Å²) in [5.74, 6) is 2.78. The molecule has 0 aromatic carbocycles. The fourth-order valence-corrected chi connectivity index (χ4v) is 2.30. The summed E-state index contributed by atoms with van der Waals surface area (Å²) in [5, 5.41) is 6.55. The molecule has 0 unspecified atom stereocenters. The second-order valence-corrected chi connectivity index (χ2v) is 5.65. The highest BCUT2D eigenvalue weighted by molar-refractivity contribution is 14.0. The predicted molar refractivity (Wildman–Crippen MR) is 107 cm³/mol. The molecule has 22 heavy (non-hydrogen) atoms. The van der Waals surface area contributed by atoms with Gasteiger partial charge in [0.2, 0.25) is 0 Å². The smallest absolute Gasteiger partial charge is 0.191 e. The highest BCUT2D eigenvalue weighted by Gasteiger charge is 2.09. The molecule has 0 radical (unpaired) electrons. The predicted octanol–water partition coefficient (Wildman–Crippen LogP) is 2.74. The Bertz CT molecular complexity index is 483. The lowest BCUT2D eigenvalue weighted by Gasteiger charge is -2.13. The van der Waals surface area contributed by atoms with Crippen molar-refractivity contribution in [3.05, 3.63) is 23.0 Å². The molecule has 0 spiro atoms. The number of thioether (sulfide) groups is 1. The maximum atomic E-state index is 5.43. The molecule has 0 aliphatic carbocycles. The largest absolute Gasteiger partial charge is 0.496 e. The van der Waals surface area contributed by atoms with Crippen molar-refractivity contribution in [2.24, 2.45) is 4.99 Å². The van der Waals surface area contributed by atoms with Crippen LogP contribution in [0.3, 0.4) is 0 Å². The van der Waals surface area contributed by atoms with Gasteiger partial charge in [-0.3, -0.25) is 4.98 Å². The van der Waals surface area contributed by atoms with Gasteiger partial charge in [-0.25, -0.2) is 4.99 Å². The van der Waals surface area contributed by atoms with Crippen LogP contribution in [0.15, 0.2) is 11.2 Å². The summed E-state index contributed by atoms with van der Waals surface area (Å²) in [6.45, 7) is 8.37. The van der Waals surface area contributed by atoms with Gasteiger partial charge in [0.1, 0.15) is 5.75 Å². The van der Waals surface area contributed by atoms with Crippen LogP contribution in [-0.4, -0.2) is 43.2 Å². The monoisotopic (exact) mass is 438 g/mol. The van der Waals surface area contributed by atoms with E-state index in [0.29, 0.717) is 6.54 Å². The average Bonchev–Trinajstić information content (AvgIpc) is 2.47. The molecule has 0 amide bonds. The Morgan fingerprint density at radius 2 is 2.09 bits per heavy atom. The number of halogens is 1. The number of guanidine groups is 1. The summed E-state index contributed by atoms with van der Waals surface area (Å²) in [6.07, 6.45) is 3.93. The molecule has 0 aliphatic rings. The fourth-order valence-electron chi connectivity index (χ4n) is 2.00. The topological polar surface area (TPSA) is 58.5 Å². The first-order valence-corrected chi connectivity index (χ1v) is 8.53. The number of pyridine rings is 1. The van der Waals surface area contributed by atoms with Crippen molar-refractivity contribution < 1.29 is 4.74 Å². The molecular formula is C15H27IN4OS. The van der Waals surface area contributed by atoms with Crippen molar-refractivity contribution in [1.82, 2.24) is 15.6 Å². The highest BCUT2D eigenvalue weighted by Crippen LogP contribution is 2.24. The van der Waals surface area contributed by atoms with Crippen LogP contribution in [0.2, 0.25) is 0 Å². The van der Waals surface area contributed by atoms with Crippen molar-refractivity contribution in [3.8, 4) is 5.75 Å². The number of hydrogen-bond donors (Lipinski definition) is 2. The van der Waals surface area contributed by atoms with Crippen molar-refractivity contribution in [2.75, 3.05) is 32.2 Å². The van der Waals surface area contributed by atoms with E-state index < -0.39 is 0 Å². The molecule has 1 heterocycles. The molecule has 7 heteroatoms. The van der Waals surface area contributed by atoms with E-state index in [2.05, 4.69) is 33.8 Å². The molecule has 0 fully saturated rings. The SMILES string of the molecule is CCNC(=NCc1ncc(C)c(OC)c1C)NCCSC.I. The van der Waals surface area contributed by atoms with E-state index in [4.69, 9.17) is 4.74 Å². The normalized spacial score (nSPS) is 10.9. The van der Waals surface area contributed by atoms with Crippen LogP contribution in [-0.2, 0) is 6.54 Å². The lowest BCUT2D eigenvalue weighted by atomic mass is 10.1. The van der Waals surface area contributed by atoms with Crippen LogP contribution in [0, 0.1) is 13.8 Å². The van der Waals surface area contributed by atoms with Gasteiger partial charge in [-0.2, -0.15) is 11.8 Å². The van der Waals surface area contributed by atoms with Gasteiger partial charge < -0.3 is 15.4 Å². The summed E-state index contributed by atoms with van der Waals surface area (Å²) in [4.78, 5) is 9.06. The molecule has 5 nitrogen and oxygen atoms in total. The first-order valence-electron chi connectivity index (χ1n) is 7.14.